The van der Waals surface area contributed by atoms with E-state index in [0.717, 1.165) is 12.5 Å². The highest BCUT2D eigenvalue weighted by Gasteiger charge is 2.37. The molecule has 0 radical (unpaired) electrons. The summed E-state index contributed by atoms with van der Waals surface area (Å²) in [5, 5.41) is 0. The molecule has 0 bridgehead atoms. The van der Waals surface area contributed by atoms with Crippen molar-refractivity contribution in [1.29, 1.82) is 0 Å². The fourth-order valence-corrected chi connectivity index (χ4v) is 5.56. The predicted molar refractivity (Wildman–Crippen MR) is 119 cm³/mol. The van der Waals surface area contributed by atoms with Crippen LogP contribution < -0.4 is 0 Å². The van der Waals surface area contributed by atoms with E-state index in [-0.39, 0.29) is 0 Å². The van der Waals surface area contributed by atoms with Crippen LogP contribution in [0.2, 0.25) is 6.04 Å². The monoisotopic (exact) mass is 403 g/mol. The molecule has 1 unspecified atom stereocenters. The van der Waals surface area contributed by atoms with Crippen molar-refractivity contribution in [2.24, 2.45) is 0 Å². The van der Waals surface area contributed by atoms with Gasteiger partial charge in [-0.3, -0.25) is 0 Å². The first-order valence-electron chi connectivity index (χ1n) is 11.4. The summed E-state index contributed by atoms with van der Waals surface area (Å²) in [6, 6.07) is 1.56. The van der Waals surface area contributed by atoms with Crippen molar-refractivity contribution in [2.45, 2.75) is 109 Å². The van der Waals surface area contributed by atoms with E-state index in [0.29, 0.717) is 6.04 Å². The van der Waals surface area contributed by atoms with Crippen molar-refractivity contribution in [2.75, 3.05) is 35.4 Å². The van der Waals surface area contributed by atoms with E-state index in [2.05, 4.69) is 25.9 Å². The van der Waals surface area contributed by atoms with Crippen molar-refractivity contribution in [3.63, 3.8) is 0 Å². The van der Waals surface area contributed by atoms with Crippen molar-refractivity contribution < 1.29 is 13.3 Å². The summed E-state index contributed by atoms with van der Waals surface area (Å²) in [5.41, 5.74) is 0. The van der Waals surface area contributed by atoms with Gasteiger partial charge in [0.25, 0.3) is 0 Å². The molecule has 0 N–H and O–H groups in total. The summed E-state index contributed by atoms with van der Waals surface area (Å²) >= 11 is 0. The molecule has 4 nitrogen and oxygen atoms in total. The van der Waals surface area contributed by atoms with Gasteiger partial charge in [-0.1, -0.05) is 77.6 Å². The molecule has 0 amide bonds. The maximum absolute atomic E-state index is 5.53. The minimum absolute atomic E-state index is 0.654. The minimum atomic E-state index is -2.41. The molecule has 5 heteroatoms. The maximum Gasteiger partial charge on any atom is 0.500 e. The Kier molecular flexibility index (Phi) is 18.1. The van der Waals surface area contributed by atoms with Crippen molar-refractivity contribution >= 4 is 8.80 Å². The van der Waals surface area contributed by atoms with Crippen LogP contribution in [0.3, 0.4) is 0 Å². The van der Waals surface area contributed by atoms with Gasteiger partial charge in [0, 0.05) is 33.4 Å². The molecule has 0 saturated heterocycles. The molecular formula is C22H49NO3Si. The molecule has 0 aromatic heterocycles. The van der Waals surface area contributed by atoms with Gasteiger partial charge < -0.3 is 18.2 Å². The standard InChI is InChI=1S/C22H49NO3Si/c1-7-8-9-10-11-12-13-14-15-16-17-19-22(23(2)3)20-18-21-27(24-4,25-5)26-6/h22H,7-21H2,1-6H3. The fourth-order valence-electron chi connectivity index (χ4n) is 3.82. The molecule has 1 atom stereocenters. The lowest BCUT2D eigenvalue weighted by Crippen LogP contribution is -2.43. The van der Waals surface area contributed by atoms with Crippen LogP contribution in [0.5, 0.6) is 0 Å². The zero-order valence-electron chi connectivity index (χ0n) is 19.4. The van der Waals surface area contributed by atoms with Gasteiger partial charge in [0.05, 0.1) is 0 Å². The second kappa shape index (κ2) is 18.1. The van der Waals surface area contributed by atoms with Crippen LogP contribution in [0.4, 0.5) is 0 Å². The first-order chi connectivity index (χ1) is 13.0. The molecule has 0 fully saturated rings. The molecule has 0 spiro atoms. The lowest BCUT2D eigenvalue weighted by atomic mass is 10.0. The molecule has 0 rings (SSSR count). The Morgan fingerprint density at radius 3 is 1.44 bits per heavy atom. The Bertz CT molecular complexity index is 304. The van der Waals surface area contributed by atoms with E-state index in [4.69, 9.17) is 13.3 Å². The summed E-state index contributed by atoms with van der Waals surface area (Å²) in [5.74, 6) is 0. The third-order valence-corrected chi connectivity index (χ3v) is 8.66. The third-order valence-electron chi connectivity index (χ3n) is 5.82. The Labute approximate surface area is 171 Å². The molecule has 0 saturated carbocycles. The Hall–Kier alpha value is 0.0569. The average molecular weight is 404 g/mol. The summed E-state index contributed by atoms with van der Waals surface area (Å²) in [7, 11) is 7.11. The van der Waals surface area contributed by atoms with Gasteiger partial charge in [-0.15, -0.1) is 0 Å². The SMILES string of the molecule is CCCCCCCCCCCCCC(CCC[Si](OC)(OC)OC)N(C)C. The van der Waals surface area contributed by atoms with Crippen LogP contribution in [-0.4, -0.2) is 55.2 Å². The first-order valence-corrected chi connectivity index (χ1v) is 13.3. The molecule has 0 aliphatic rings. The number of hydrogen-bond acceptors (Lipinski definition) is 4. The molecule has 27 heavy (non-hydrogen) atoms. The minimum Gasteiger partial charge on any atom is -0.377 e. The highest BCUT2D eigenvalue weighted by atomic mass is 28.4. The topological polar surface area (TPSA) is 30.9 Å². The number of rotatable bonds is 20. The summed E-state index contributed by atoms with van der Waals surface area (Å²) in [6.07, 6.45) is 19.1. The maximum atomic E-state index is 5.53. The zero-order chi connectivity index (χ0) is 20.4. The van der Waals surface area contributed by atoms with Gasteiger partial charge in [-0.05, 0) is 33.4 Å². The Morgan fingerprint density at radius 2 is 1.04 bits per heavy atom. The highest BCUT2D eigenvalue weighted by molar-refractivity contribution is 6.60. The van der Waals surface area contributed by atoms with Gasteiger partial charge in [0.15, 0.2) is 0 Å². The lowest BCUT2D eigenvalue weighted by molar-refractivity contribution is 0.121. The zero-order valence-corrected chi connectivity index (χ0v) is 20.4. The average Bonchev–Trinajstić information content (AvgIpc) is 2.68. The summed E-state index contributed by atoms with van der Waals surface area (Å²) < 4.78 is 16.6. The van der Waals surface area contributed by atoms with Crippen LogP contribution in [0.1, 0.15) is 96.8 Å². The normalized spacial score (nSPS) is 13.4. The lowest BCUT2D eigenvalue weighted by Gasteiger charge is -2.27. The molecule has 0 aromatic rings. The largest absolute Gasteiger partial charge is 0.500 e. The Balaban J connectivity index is 3.76. The molecule has 0 aromatic carbocycles. The van der Waals surface area contributed by atoms with E-state index in [1.165, 1.54) is 83.5 Å². The van der Waals surface area contributed by atoms with Crippen molar-refractivity contribution in [3.05, 3.63) is 0 Å². The van der Waals surface area contributed by atoms with Crippen LogP contribution >= 0.6 is 0 Å². The summed E-state index contributed by atoms with van der Waals surface area (Å²) in [4.78, 5) is 2.38. The van der Waals surface area contributed by atoms with E-state index in [9.17, 15) is 0 Å². The molecule has 164 valence electrons. The van der Waals surface area contributed by atoms with Gasteiger partial charge in [0.2, 0.25) is 0 Å². The first kappa shape index (κ1) is 27.1. The molecule has 0 heterocycles. The van der Waals surface area contributed by atoms with E-state index >= 15 is 0 Å². The van der Waals surface area contributed by atoms with Crippen LogP contribution in [0, 0.1) is 0 Å². The van der Waals surface area contributed by atoms with Crippen LogP contribution in [0.15, 0.2) is 0 Å². The van der Waals surface area contributed by atoms with E-state index in [1.54, 1.807) is 21.3 Å². The quantitative estimate of drug-likeness (QED) is 0.177. The van der Waals surface area contributed by atoms with Gasteiger partial charge >= 0.3 is 8.80 Å². The predicted octanol–water partition coefficient (Wildman–Crippen LogP) is 6.28. The second-order valence-electron chi connectivity index (χ2n) is 8.13. The highest BCUT2D eigenvalue weighted by Crippen LogP contribution is 2.21. The van der Waals surface area contributed by atoms with E-state index < -0.39 is 8.80 Å². The van der Waals surface area contributed by atoms with Crippen molar-refractivity contribution in [3.8, 4) is 0 Å². The number of unbranched alkanes of at least 4 members (excludes halogenated alkanes) is 10. The fraction of sp³-hybridized carbons (Fsp3) is 1.00. The van der Waals surface area contributed by atoms with Gasteiger partial charge in [-0.2, -0.15) is 0 Å². The third kappa shape index (κ3) is 13.8. The number of hydrogen-bond donors (Lipinski definition) is 0. The molecule has 0 aliphatic carbocycles. The van der Waals surface area contributed by atoms with E-state index in [1.807, 2.05) is 0 Å². The summed E-state index contributed by atoms with van der Waals surface area (Å²) in [6.45, 7) is 2.29. The van der Waals surface area contributed by atoms with Crippen LogP contribution in [0.25, 0.3) is 0 Å². The Morgan fingerprint density at radius 1 is 0.630 bits per heavy atom. The van der Waals surface area contributed by atoms with Gasteiger partial charge in [0.1, 0.15) is 0 Å². The second-order valence-corrected chi connectivity index (χ2v) is 11.2. The smallest absolute Gasteiger partial charge is 0.377 e. The molecule has 0 aliphatic heterocycles. The van der Waals surface area contributed by atoms with Crippen LogP contribution in [-0.2, 0) is 13.3 Å². The molecular weight excluding hydrogens is 354 g/mol. The van der Waals surface area contributed by atoms with Gasteiger partial charge in [-0.25, -0.2) is 0 Å². The number of nitrogens with zero attached hydrogens (tertiary/aromatic N) is 1. The van der Waals surface area contributed by atoms with Crippen molar-refractivity contribution in [1.82, 2.24) is 4.90 Å².